The predicted molar refractivity (Wildman–Crippen MR) is 103 cm³/mol. The highest BCUT2D eigenvalue weighted by Gasteiger charge is 2.13. The molecular formula is C19H17N5OS. The Hall–Kier alpha value is -3.06. The molecule has 26 heavy (non-hydrogen) atoms. The first-order valence-electron chi connectivity index (χ1n) is 8.27. The van der Waals surface area contributed by atoms with Gasteiger partial charge in [-0.2, -0.15) is 5.10 Å². The predicted octanol–water partition coefficient (Wildman–Crippen LogP) is 4.39. The summed E-state index contributed by atoms with van der Waals surface area (Å²) < 4.78 is 1.85. The standard InChI is InChI=1S/C19H17N5OS/c1-12(2)24-17-14(9-21-24)8-15(10-20-17)22-18(25)16-11-26-19(23-16)13-6-4-3-5-7-13/h3-12H,1-2H3,(H,22,25). The maximum absolute atomic E-state index is 12.5. The van der Waals surface area contributed by atoms with Crippen molar-refractivity contribution in [3.63, 3.8) is 0 Å². The number of rotatable bonds is 4. The summed E-state index contributed by atoms with van der Waals surface area (Å²) in [6.45, 7) is 4.10. The molecule has 0 aliphatic carbocycles. The Morgan fingerprint density at radius 1 is 1.19 bits per heavy atom. The maximum Gasteiger partial charge on any atom is 0.275 e. The number of carbonyl (C=O) groups is 1. The summed E-state index contributed by atoms with van der Waals surface area (Å²) in [5.41, 5.74) is 2.82. The number of thiazole rings is 1. The first-order chi connectivity index (χ1) is 12.6. The van der Waals surface area contributed by atoms with Crippen LogP contribution in [0.4, 0.5) is 5.69 Å². The first-order valence-corrected chi connectivity index (χ1v) is 9.15. The van der Waals surface area contributed by atoms with Gasteiger partial charge in [0, 0.05) is 22.4 Å². The van der Waals surface area contributed by atoms with Crippen molar-refractivity contribution in [3.8, 4) is 10.6 Å². The average Bonchev–Trinajstić information content (AvgIpc) is 3.29. The molecule has 130 valence electrons. The number of nitrogens with one attached hydrogen (secondary N) is 1. The number of hydrogen-bond donors (Lipinski definition) is 1. The fourth-order valence-electron chi connectivity index (χ4n) is 2.67. The molecule has 0 fully saturated rings. The number of nitrogens with zero attached hydrogens (tertiary/aromatic N) is 4. The van der Waals surface area contributed by atoms with E-state index in [1.54, 1.807) is 17.8 Å². The fraction of sp³-hybridized carbons (Fsp3) is 0.158. The van der Waals surface area contributed by atoms with Gasteiger partial charge in [0.25, 0.3) is 5.91 Å². The molecule has 6 nitrogen and oxygen atoms in total. The Bertz CT molecular complexity index is 1070. The first kappa shape index (κ1) is 16.4. The van der Waals surface area contributed by atoms with Crippen LogP contribution in [0.1, 0.15) is 30.4 Å². The van der Waals surface area contributed by atoms with Crippen LogP contribution in [0.25, 0.3) is 21.6 Å². The van der Waals surface area contributed by atoms with E-state index in [0.29, 0.717) is 11.4 Å². The topological polar surface area (TPSA) is 72.7 Å². The van der Waals surface area contributed by atoms with Crippen LogP contribution in [0.15, 0.2) is 54.2 Å². The molecule has 1 N–H and O–H groups in total. The van der Waals surface area contributed by atoms with E-state index in [-0.39, 0.29) is 11.9 Å². The highest BCUT2D eigenvalue weighted by molar-refractivity contribution is 7.13. The minimum Gasteiger partial charge on any atom is -0.319 e. The molecule has 1 aromatic carbocycles. The minimum absolute atomic E-state index is 0.229. The van der Waals surface area contributed by atoms with Gasteiger partial charge in [0.1, 0.15) is 10.7 Å². The summed E-state index contributed by atoms with van der Waals surface area (Å²) >= 11 is 1.45. The Morgan fingerprint density at radius 2 is 2.00 bits per heavy atom. The summed E-state index contributed by atoms with van der Waals surface area (Å²) in [7, 11) is 0. The van der Waals surface area contributed by atoms with E-state index < -0.39 is 0 Å². The quantitative estimate of drug-likeness (QED) is 0.584. The molecular weight excluding hydrogens is 346 g/mol. The lowest BCUT2D eigenvalue weighted by molar-refractivity contribution is 0.102. The van der Waals surface area contributed by atoms with Crippen molar-refractivity contribution in [3.05, 3.63) is 59.9 Å². The van der Waals surface area contributed by atoms with Gasteiger partial charge in [0.05, 0.1) is 18.1 Å². The van der Waals surface area contributed by atoms with E-state index in [9.17, 15) is 4.79 Å². The van der Waals surface area contributed by atoms with E-state index in [0.717, 1.165) is 21.6 Å². The Kier molecular flexibility index (Phi) is 4.22. The molecule has 0 saturated carbocycles. The number of anilines is 1. The number of pyridine rings is 1. The molecule has 0 aliphatic heterocycles. The van der Waals surface area contributed by atoms with Crippen LogP contribution < -0.4 is 5.32 Å². The fourth-order valence-corrected chi connectivity index (χ4v) is 3.48. The van der Waals surface area contributed by atoms with Crippen LogP contribution in [0.5, 0.6) is 0 Å². The number of amides is 1. The summed E-state index contributed by atoms with van der Waals surface area (Å²) in [4.78, 5) is 21.4. The van der Waals surface area contributed by atoms with Crippen molar-refractivity contribution in [2.75, 3.05) is 5.32 Å². The van der Waals surface area contributed by atoms with Crippen molar-refractivity contribution in [2.24, 2.45) is 0 Å². The van der Waals surface area contributed by atoms with Gasteiger partial charge in [0.2, 0.25) is 0 Å². The molecule has 0 bridgehead atoms. The zero-order chi connectivity index (χ0) is 18.1. The van der Waals surface area contributed by atoms with Gasteiger partial charge >= 0.3 is 0 Å². The second-order valence-electron chi connectivity index (χ2n) is 6.18. The highest BCUT2D eigenvalue weighted by atomic mass is 32.1. The number of benzene rings is 1. The lowest BCUT2D eigenvalue weighted by Crippen LogP contribution is -2.12. The molecule has 0 radical (unpaired) electrons. The third-order valence-corrected chi connectivity index (χ3v) is 4.83. The van der Waals surface area contributed by atoms with Gasteiger partial charge in [-0.25, -0.2) is 14.6 Å². The third kappa shape index (κ3) is 3.09. The Morgan fingerprint density at radius 3 is 2.77 bits per heavy atom. The third-order valence-electron chi connectivity index (χ3n) is 3.94. The molecule has 7 heteroatoms. The minimum atomic E-state index is -0.249. The number of hydrogen-bond acceptors (Lipinski definition) is 5. The molecule has 4 rings (SSSR count). The van der Waals surface area contributed by atoms with Crippen molar-refractivity contribution in [1.29, 1.82) is 0 Å². The molecule has 0 aliphatic rings. The number of aromatic nitrogens is 4. The lowest BCUT2D eigenvalue weighted by atomic mass is 10.2. The number of fused-ring (bicyclic) bond motifs is 1. The largest absolute Gasteiger partial charge is 0.319 e. The van der Waals surface area contributed by atoms with E-state index >= 15 is 0 Å². The summed E-state index contributed by atoms with van der Waals surface area (Å²) in [5, 5.41) is 10.7. The summed E-state index contributed by atoms with van der Waals surface area (Å²) in [5.74, 6) is -0.249. The normalized spacial score (nSPS) is 11.2. The van der Waals surface area contributed by atoms with Gasteiger partial charge in [-0.3, -0.25) is 4.79 Å². The zero-order valence-corrected chi connectivity index (χ0v) is 15.2. The van der Waals surface area contributed by atoms with Gasteiger partial charge in [-0.1, -0.05) is 30.3 Å². The van der Waals surface area contributed by atoms with Gasteiger partial charge < -0.3 is 5.32 Å². The monoisotopic (exact) mass is 363 g/mol. The van der Waals surface area contributed by atoms with Crippen molar-refractivity contribution < 1.29 is 4.79 Å². The molecule has 0 unspecified atom stereocenters. The lowest BCUT2D eigenvalue weighted by Gasteiger charge is -2.07. The van der Waals surface area contributed by atoms with Crippen LogP contribution in [-0.4, -0.2) is 25.7 Å². The van der Waals surface area contributed by atoms with Crippen LogP contribution in [0.2, 0.25) is 0 Å². The van der Waals surface area contributed by atoms with E-state index in [4.69, 9.17) is 0 Å². The molecule has 4 aromatic rings. The SMILES string of the molecule is CC(C)n1ncc2cc(NC(=O)c3csc(-c4ccccc4)n3)cnc21. The average molecular weight is 363 g/mol. The zero-order valence-electron chi connectivity index (χ0n) is 14.4. The second-order valence-corrected chi connectivity index (χ2v) is 7.04. The van der Waals surface area contributed by atoms with Crippen molar-refractivity contribution in [2.45, 2.75) is 19.9 Å². The number of carbonyl (C=O) groups excluding carboxylic acids is 1. The maximum atomic E-state index is 12.5. The summed E-state index contributed by atoms with van der Waals surface area (Å²) in [6.07, 6.45) is 3.40. The molecule has 3 aromatic heterocycles. The highest BCUT2D eigenvalue weighted by Crippen LogP contribution is 2.24. The van der Waals surface area contributed by atoms with Crippen LogP contribution in [0.3, 0.4) is 0 Å². The molecule has 0 atom stereocenters. The van der Waals surface area contributed by atoms with Crippen LogP contribution in [0, 0.1) is 0 Å². The van der Waals surface area contributed by atoms with E-state index in [2.05, 4.69) is 34.2 Å². The molecule has 3 heterocycles. The van der Waals surface area contributed by atoms with E-state index in [1.165, 1.54) is 11.3 Å². The smallest absolute Gasteiger partial charge is 0.275 e. The van der Waals surface area contributed by atoms with Crippen molar-refractivity contribution >= 4 is 34.0 Å². The molecule has 1 amide bonds. The Balaban J connectivity index is 1.55. The Labute approximate surface area is 154 Å². The van der Waals surface area contributed by atoms with Crippen LogP contribution >= 0.6 is 11.3 Å². The molecule has 0 spiro atoms. The second kappa shape index (κ2) is 6.68. The summed E-state index contributed by atoms with van der Waals surface area (Å²) in [6, 6.07) is 11.9. The van der Waals surface area contributed by atoms with Gasteiger partial charge in [-0.15, -0.1) is 11.3 Å². The molecule has 0 saturated heterocycles. The van der Waals surface area contributed by atoms with Crippen molar-refractivity contribution in [1.82, 2.24) is 19.7 Å². The van der Waals surface area contributed by atoms with Gasteiger partial charge in [0.15, 0.2) is 5.65 Å². The van der Waals surface area contributed by atoms with Gasteiger partial charge in [-0.05, 0) is 19.9 Å². The van der Waals surface area contributed by atoms with E-state index in [1.807, 2.05) is 41.1 Å². The van der Waals surface area contributed by atoms with Crippen LogP contribution in [-0.2, 0) is 0 Å².